The number of pyridine rings is 1. The van der Waals surface area contributed by atoms with Crippen LogP contribution in [-0.2, 0) is 35.2 Å². The molecule has 2 saturated heterocycles. The molecular weight excluding hydrogens is 562 g/mol. The van der Waals surface area contributed by atoms with Crippen molar-refractivity contribution in [3.63, 3.8) is 0 Å². The number of morpholine rings is 1. The highest BCUT2D eigenvalue weighted by Crippen LogP contribution is 2.30. The smallest absolute Gasteiger partial charge is 0.475 e. The summed E-state index contributed by atoms with van der Waals surface area (Å²) in [6.45, 7) is 4.99. The Bertz CT molecular complexity index is 979. The number of hydrogen-bond acceptors (Lipinski definition) is 8. The molecule has 0 aliphatic carbocycles. The molecule has 3 N–H and O–H groups in total. The van der Waals surface area contributed by atoms with E-state index in [2.05, 4.69) is 10.3 Å². The third-order valence-corrected chi connectivity index (χ3v) is 5.33. The molecular formula is C22H28F6N4O8. The van der Waals surface area contributed by atoms with Crippen molar-refractivity contribution in [2.24, 2.45) is 0 Å². The zero-order chi connectivity index (χ0) is 30.7. The van der Waals surface area contributed by atoms with Gasteiger partial charge in [0.15, 0.2) is 0 Å². The molecule has 0 bridgehead atoms. The number of amides is 2. The van der Waals surface area contributed by atoms with E-state index in [-0.39, 0.29) is 30.1 Å². The molecule has 1 aromatic rings. The second kappa shape index (κ2) is 14.8. The summed E-state index contributed by atoms with van der Waals surface area (Å²) in [6.07, 6.45) is -6.73. The number of carboxylic acid groups (broad SMARTS) is 2. The maximum atomic E-state index is 12.5. The molecule has 3 rings (SSSR count). The minimum atomic E-state index is -5.08. The van der Waals surface area contributed by atoms with E-state index in [9.17, 15) is 35.9 Å². The normalized spacial score (nSPS) is 18.3. The van der Waals surface area contributed by atoms with Gasteiger partial charge in [0.25, 0.3) is 0 Å². The Morgan fingerprint density at radius 2 is 1.65 bits per heavy atom. The maximum absolute atomic E-state index is 12.5. The molecule has 1 aromatic heterocycles. The number of carbonyl (C=O) groups excluding carboxylic acids is 2. The van der Waals surface area contributed by atoms with Gasteiger partial charge in [0, 0.05) is 32.1 Å². The van der Waals surface area contributed by atoms with Gasteiger partial charge in [0.2, 0.25) is 11.8 Å². The zero-order valence-electron chi connectivity index (χ0n) is 21.3. The van der Waals surface area contributed by atoms with Crippen LogP contribution in [0, 0.1) is 0 Å². The van der Waals surface area contributed by atoms with E-state index < -0.39 is 24.3 Å². The summed E-state index contributed by atoms with van der Waals surface area (Å²) in [5, 5.41) is 17.2. The first kappa shape index (κ1) is 34.5. The average Bonchev–Trinajstić information content (AvgIpc) is 2.84. The molecule has 12 nitrogen and oxygen atoms in total. The van der Waals surface area contributed by atoms with Gasteiger partial charge >= 0.3 is 24.3 Å². The number of rotatable bonds is 6. The van der Waals surface area contributed by atoms with Gasteiger partial charge in [-0.15, -0.1) is 0 Å². The predicted molar refractivity (Wildman–Crippen MR) is 122 cm³/mol. The van der Waals surface area contributed by atoms with E-state index in [1.807, 2.05) is 31.0 Å². The highest BCUT2D eigenvalue weighted by Gasteiger charge is 2.51. The van der Waals surface area contributed by atoms with Crippen LogP contribution < -0.4 is 5.32 Å². The number of nitrogens with one attached hydrogen (secondary N) is 1. The van der Waals surface area contributed by atoms with Crippen molar-refractivity contribution in [2.75, 3.05) is 46.5 Å². The number of likely N-dealkylation sites (N-methyl/N-ethyl adjacent to an activating group) is 1. The predicted octanol–water partition coefficient (Wildman–Crippen LogP) is 0.913. The van der Waals surface area contributed by atoms with Gasteiger partial charge in [-0.3, -0.25) is 19.5 Å². The Morgan fingerprint density at radius 3 is 2.08 bits per heavy atom. The van der Waals surface area contributed by atoms with E-state index in [1.54, 1.807) is 17.3 Å². The van der Waals surface area contributed by atoms with Crippen molar-refractivity contribution >= 4 is 23.8 Å². The standard InChI is InChI=1S/C18H26N4O4.2C2HF3O2/c1-3-25-10-16(23)22-12-18(13-22)11-21(2)15(9-26-18)17(24)20-8-14-5-4-6-19-7-14;2*3-2(4,5)1(6)7/h4-7,15H,3,8-13H2,1-2H3,(H,20,24);2*(H,6,7). The summed E-state index contributed by atoms with van der Waals surface area (Å²) in [5.74, 6) is -5.59. The summed E-state index contributed by atoms with van der Waals surface area (Å²) < 4.78 is 74.6. The van der Waals surface area contributed by atoms with Crippen LogP contribution in [0.2, 0.25) is 0 Å². The molecule has 2 amide bonds. The third-order valence-electron chi connectivity index (χ3n) is 5.33. The minimum Gasteiger partial charge on any atom is -0.475 e. The Labute approximate surface area is 223 Å². The van der Waals surface area contributed by atoms with Crippen LogP contribution >= 0.6 is 0 Å². The van der Waals surface area contributed by atoms with Crippen molar-refractivity contribution in [3.8, 4) is 0 Å². The first-order chi connectivity index (χ1) is 18.4. The molecule has 0 radical (unpaired) electrons. The molecule has 0 saturated carbocycles. The Balaban J connectivity index is 0.000000473. The van der Waals surface area contributed by atoms with Crippen LogP contribution in [0.4, 0.5) is 26.3 Å². The third kappa shape index (κ3) is 11.3. The van der Waals surface area contributed by atoms with Crippen LogP contribution in [0.3, 0.4) is 0 Å². The topological polar surface area (TPSA) is 159 Å². The SMILES string of the molecule is CCOCC(=O)N1CC2(C1)CN(C)C(C(=O)NCc1cccnc1)CO2.O=C(O)C(F)(F)F.O=C(O)C(F)(F)F. The van der Waals surface area contributed by atoms with Gasteiger partial charge in [-0.05, 0) is 25.6 Å². The first-order valence-corrected chi connectivity index (χ1v) is 11.4. The van der Waals surface area contributed by atoms with Gasteiger partial charge in [0.1, 0.15) is 18.2 Å². The van der Waals surface area contributed by atoms with Gasteiger partial charge in [-0.25, -0.2) is 9.59 Å². The summed E-state index contributed by atoms with van der Waals surface area (Å²) in [5.41, 5.74) is 0.593. The molecule has 1 atom stereocenters. The molecule has 18 heteroatoms. The lowest BCUT2D eigenvalue weighted by molar-refractivity contribution is -0.202. The van der Waals surface area contributed by atoms with E-state index >= 15 is 0 Å². The van der Waals surface area contributed by atoms with E-state index in [1.165, 1.54) is 0 Å². The number of carbonyl (C=O) groups is 4. The Kier molecular flexibility index (Phi) is 12.7. The first-order valence-electron chi connectivity index (χ1n) is 11.4. The number of aromatic nitrogens is 1. The van der Waals surface area contributed by atoms with Crippen LogP contribution in [0.5, 0.6) is 0 Å². The van der Waals surface area contributed by atoms with Crippen LogP contribution in [0.15, 0.2) is 24.5 Å². The molecule has 226 valence electrons. The molecule has 2 aliphatic rings. The second-order valence-corrected chi connectivity index (χ2v) is 8.50. The van der Waals surface area contributed by atoms with Crippen LogP contribution in [-0.4, -0.2) is 119 Å². The van der Waals surface area contributed by atoms with Crippen LogP contribution in [0.25, 0.3) is 0 Å². The fourth-order valence-electron chi connectivity index (χ4n) is 3.38. The summed E-state index contributed by atoms with van der Waals surface area (Å²) in [4.78, 5) is 50.0. The Hall–Kier alpha value is -3.51. The molecule has 40 heavy (non-hydrogen) atoms. The number of nitrogens with zero attached hydrogens (tertiary/aromatic N) is 3. The van der Waals surface area contributed by atoms with Gasteiger partial charge in [-0.1, -0.05) is 6.07 Å². The maximum Gasteiger partial charge on any atom is 0.490 e. The summed E-state index contributed by atoms with van der Waals surface area (Å²) in [6, 6.07) is 3.44. The highest BCUT2D eigenvalue weighted by molar-refractivity contribution is 5.82. The van der Waals surface area contributed by atoms with Gasteiger partial charge in [0.05, 0.1) is 19.7 Å². The Morgan fingerprint density at radius 1 is 1.10 bits per heavy atom. The van der Waals surface area contributed by atoms with E-state index in [0.717, 1.165) is 5.56 Å². The fourth-order valence-corrected chi connectivity index (χ4v) is 3.38. The molecule has 1 unspecified atom stereocenters. The average molecular weight is 590 g/mol. The number of likely N-dealkylation sites (tertiary alicyclic amines) is 1. The molecule has 0 aromatic carbocycles. The zero-order valence-corrected chi connectivity index (χ0v) is 21.3. The number of aliphatic carboxylic acids is 2. The molecule has 3 heterocycles. The fraction of sp³-hybridized carbons (Fsp3) is 0.591. The van der Waals surface area contributed by atoms with Gasteiger partial charge < -0.3 is 29.9 Å². The molecule has 2 fully saturated rings. The summed E-state index contributed by atoms with van der Waals surface area (Å²) in [7, 11) is 1.92. The number of halogens is 6. The van der Waals surface area contributed by atoms with Crippen molar-refractivity contribution in [1.29, 1.82) is 0 Å². The lowest BCUT2D eigenvalue weighted by Gasteiger charge is -2.54. The molecule has 2 aliphatic heterocycles. The van der Waals surface area contributed by atoms with Crippen LogP contribution in [0.1, 0.15) is 12.5 Å². The monoisotopic (exact) mass is 590 g/mol. The number of ether oxygens (including phenoxy) is 2. The minimum absolute atomic E-state index is 0.0138. The lowest BCUT2D eigenvalue weighted by Crippen LogP contribution is -2.73. The number of carboxylic acids is 2. The van der Waals surface area contributed by atoms with Crippen molar-refractivity contribution < 1.29 is 65.2 Å². The van der Waals surface area contributed by atoms with E-state index in [0.29, 0.717) is 39.4 Å². The highest BCUT2D eigenvalue weighted by atomic mass is 19.4. The van der Waals surface area contributed by atoms with Gasteiger partial charge in [-0.2, -0.15) is 26.3 Å². The quantitative estimate of drug-likeness (QED) is 0.407. The van der Waals surface area contributed by atoms with Crippen molar-refractivity contribution in [1.82, 2.24) is 20.1 Å². The van der Waals surface area contributed by atoms with E-state index in [4.69, 9.17) is 29.3 Å². The molecule has 1 spiro atoms. The summed E-state index contributed by atoms with van der Waals surface area (Å²) >= 11 is 0. The number of alkyl halides is 6. The lowest BCUT2D eigenvalue weighted by atomic mass is 9.90. The number of hydrogen-bond donors (Lipinski definition) is 3. The second-order valence-electron chi connectivity index (χ2n) is 8.50. The largest absolute Gasteiger partial charge is 0.490 e. The van der Waals surface area contributed by atoms with Crippen molar-refractivity contribution in [3.05, 3.63) is 30.1 Å². The van der Waals surface area contributed by atoms with Crippen molar-refractivity contribution in [2.45, 2.75) is 37.5 Å².